The lowest BCUT2D eigenvalue weighted by Gasteiger charge is -2.03. The van der Waals surface area contributed by atoms with Gasteiger partial charge in [0.25, 0.3) is 0 Å². The quantitative estimate of drug-likeness (QED) is 0.249. The van der Waals surface area contributed by atoms with Gasteiger partial charge >= 0.3 is 0 Å². The van der Waals surface area contributed by atoms with Crippen molar-refractivity contribution in [3.05, 3.63) is 12.7 Å². The number of aliphatic hydroxyl groups excluding tert-OH is 1. The van der Waals surface area contributed by atoms with E-state index < -0.39 is 0 Å². The van der Waals surface area contributed by atoms with E-state index in [4.69, 9.17) is 4.74 Å². The smallest absolute Gasteiger partial charge is 0.110 e. The second-order valence-corrected chi connectivity index (χ2v) is 6.56. The highest BCUT2D eigenvalue weighted by atomic mass is 16.6. The highest BCUT2D eigenvalue weighted by Gasteiger charge is 2.42. The molecule has 1 heterocycles. The van der Waals surface area contributed by atoms with E-state index in [-0.39, 0.29) is 12.2 Å². The fourth-order valence-corrected chi connectivity index (χ4v) is 3.04. The normalized spacial score (nSPS) is 22.2. The Morgan fingerprint density at radius 1 is 0.952 bits per heavy atom. The van der Waals surface area contributed by atoms with Crippen molar-refractivity contribution in [1.29, 1.82) is 0 Å². The molecule has 1 aliphatic rings. The first kappa shape index (κ1) is 18.7. The van der Waals surface area contributed by atoms with Gasteiger partial charge in [0.15, 0.2) is 0 Å². The fraction of sp³-hybridized carbons (Fsp3) is 0.895. The topological polar surface area (TPSA) is 32.8 Å². The lowest BCUT2D eigenvalue weighted by Crippen LogP contribution is -2.15. The molecule has 1 aliphatic heterocycles. The van der Waals surface area contributed by atoms with Gasteiger partial charge in [-0.1, -0.05) is 83.6 Å². The highest BCUT2D eigenvalue weighted by molar-refractivity contribution is 4.93. The molecule has 0 radical (unpaired) electrons. The summed E-state index contributed by atoms with van der Waals surface area (Å²) < 4.78 is 5.53. The van der Waals surface area contributed by atoms with Gasteiger partial charge in [0.2, 0.25) is 0 Å². The van der Waals surface area contributed by atoms with E-state index in [1.165, 1.54) is 70.6 Å². The third-order valence-corrected chi connectivity index (χ3v) is 4.50. The van der Waals surface area contributed by atoms with Crippen molar-refractivity contribution in [2.24, 2.45) is 0 Å². The van der Waals surface area contributed by atoms with Crippen molar-refractivity contribution in [2.45, 2.75) is 109 Å². The maximum atomic E-state index is 9.74. The summed E-state index contributed by atoms with van der Waals surface area (Å²) in [6.45, 7) is 5.92. The van der Waals surface area contributed by atoms with Crippen molar-refractivity contribution in [1.82, 2.24) is 0 Å². The summed E-state index contributed by atoms with van der Waals surface area (Å²) in [5.41, 5.74) is 0. The molecule has 21 heavy (non-hydrogen) atoms. The van der Waals surface area contributed by atoms with Gasteiger partial charge in [0.05, 0.1) is 12.2 Å². The Labute approximate surface area is 132 Å². The van der Waals surface area contributed by atoms with Crippen LogP contribution in [-0.4, -0.2) is 23.4 Å². The molecule has 0 unspecified atom stereocenters. The van der Waals surface area contributed by atoms with Crippen LogP contribution in [-0.2, 0) is 4.74 Å². The summed E-state index contributed by atoms with van der Waals surface area (Å²) in [5, 5.41) is 9.74. The summed E-state index contributed by atoms with van der Waals surface area (Å²) in [6.07, 6.45) is 18.8. The lowest BCUT2D eigenvalue weighted by atomic mass is 10.0. The van der Waals surface area contributed by atoms with Crippen LogP contribution in [0.4, 0.5) is 0 Å². The van der Waals surface area contributed by atoms with E-state index in [1.54, 1.807) is 6.08 Å². The Morgan fingerprint density at radius 3 is 2.00 bits per heavy atom. The number of unbranched alkanes of at least 4 members (excludes halogenated alkanes) is 10. The molecule has 0 amide bonds. The first-order valence-corrected chi connectivity index (χ1v) is 9.24. The summed E-state index contributed by atoms with van der Waals surface area (Å²) in [7, 11) is 0. The third-order valence-electron chi connectivity index (χ3n) is 4.50. The van der Waals surface area contributed by atoms with E-state index in [0.29, 0.717) is 12.5 Å². The largest absolute Gasteiger partial charge is 0.390 e. The number of rotatable bonds is 15. The van der Waals surface area contributed by atoms with Crippen molar-refractivity contribution >= 4 is 0 Å². The number of ether oxygens (including phenoxy) is 1. The van der Waals surface area contributed by atoms with Gasteiger partial charge in [0.1, 0.15) is 6.10 Å². The van der Waals surface area contributed by atoms with Crippen LogP contribution in [0.5, 0.6) is 0 Å². The Bertz CT molecular complexity index is 252. The van der Waals surface area contributed by atoms with Crippen LogP contribution in [0.25, 0.3) is 0 Å². The molecule has 0 aromatic rings. The highest BCUT2D eigenvalue weighted by Crippen LogP contribution is 2.31. The van der Waals surface area contributed by atoms with Crippen LogP contribution in [0, 0.1) is 0 Å². The minimum absolute atomic E-state index is 0.0890. The van der Waals surface area contributed by atoms with Gasteiger partial charge in [0, 0.05) is 0 Å². The van der Waals surface area contributed by atoms with Crippen molar-refractivity contribution < 1.29 is 9.84 Å². The number of epoxide rings is 1. The Balaban J connectivity index is 1.77. The molecule has 0 aromatic heterocycles. The molecule has 1 rings (SSSR count). The lowest BCUT2D eigenvalue weighted by molar-refractivity contribution is 0.138. The Hall–Kier alpha value is -0.340. The van der Waals surface area contributed by atoms with Gasteiger partial charge in [-0.25, -0.2) is 0 Å². The van der Waals surface area contributed by atoms with E-state index in [9.17, 15) is 5.11 Å². The van der Waals surface area contributed by atoms with E-state index >= 15 is 0 Å². The number of hydrogen-bond acceptors (Lipinski definition) is 2. The van der Waals surface area contributed by atoms with E-state index in [1.807, 2.05) is 0 Å². The molecule has 1 fully saturated rings. The standard InChI is InChI=1S/C19H36O2/c1-3-5-6-7-8-9-10-11-12-13-14-16-18-19(21-18)17(20)15-4-2/h4,17-20H,2-3,5-16H2,1H3/t17-,18-,19-/m1/s1. The molecule has 2 nitrogen and oxygen atoms in total. The number of aliphatic hydroxyl groups is 1. The fourth-order valence-electron chi connectivity index (χ4n) is 3.04. The van der Waals surface area contributed by atoms with Crippen LogP contribution in [0.1, 0.15) is 90.4 Å². The second kappa shape index (κ2) is 12.2. The van der Waals surface area contributed by atoms with Crippen LogP contribution >= 0.6 is 0 Å². The van der Waals surface area contributed by atoms with Crippen LogP contribution in [0.3, 0.4) is 0 Å². The average Bonchev–Trinajstić information content (AvgIpc) is 3.25. The molecule has 0 bridgehead atoms. The van der Waals surface area contributed by atoms with Crippen LogP contribution < -0.4 is 0 Å². The zero-order chi connectivity index (χ0) is 15.3. The molecule has 3 atom stereocenters. The maximum absolute atomic E-state index is 9.74. The average molecular weight is 296 g/mol. The molecular weight excluding hydrogens is 260 g/mol. The summed E-state index contributed by atoms with van der Waals surface area (Å²) in [6, 6.07) is 0. The minimum atomic E-state index is -0.333. The molecule has 2 heteroatoms. The molecule has 124 valence electrons. The zero-order valence-corrected chi connectivity index (χ0v) is 14.1. The molecule has 1 N–H and O–H groups in total. The van der Waals surface area contributed by atoms with Gasteiger partial charge in [-0.15, -0.1) is 6.58 Å². The summed E-state index contributed by atoms with van der Waals surface area (Å²) in [4.78, 5) is 0. The minimum Gasteiger partial charge on any atom is -0.390 e. The van der Waals surface area contributed by atoms with Crippen LogP contribution in [0.15, 0.2) is 12.7 Å². The van der Waals surface area contributed by atoms with E-state index in [2.05, 4.69) is 13.5 Å². The van der Waals surface area contributed by atoms with Crippen molar-refractivity contribution in [3.8, 4) is 0 Å². The number of hydrogen-bond donors (Lipinski definition) is 1. The monoisotopic (exact) mass is 296 g/mol. The van der Waals surface area contributed by atoms with Gasteiger partial charge in [-0.05, 0) is 12.8 Å². The first-order chi connectivity index (χ1) is 10.3. The molecular formula is C19H36O2. The third kappa shape index (κ3) is 9.31. The Morgan fingerprint density at radius 2 is 1.48 bits per heavy atom. The molecule has 0 saturated carbocycles. The van der Waals surface area contributed by atoms with Gasteiger partial charge < -0.3 is 9.84 Å². The molecule has 1 saturated heterocycles. The summed E-state index contributed by atoms with van der Waals surface area (Å²) in [5.74, 6) is 0. The van der Waals surface area contributed by atoms with Crippen LogP contribution in [0.2, 0.25) is 0 Å². The maximum Gasteiger partial charge on any atom is 0.110 e. The van der Waals surface area contributed by atoms with Crippen molar-refractivity contribution in [3.63, 3.8) is 0 Å². The molecule has 0 aromatic carbocycles. The first-order valence-electron chi connectivity index (χ1n) is 9.24. The SMILES string of the molecule is C=CC[C@@H](O)[C@H]1O[C@@H]1CCCCCCCCCCCCC. The predicted octanol–water partition coefficient (Wildman–Crippen LogP) is 5.39. The summed E-state index contributed by atoms with van der Waals surface area (Å²) >= 11 is 0. The van der Waals surface area contributed by atoms with Gasteiger partial charge in [-0.2, -0.15) is 0 Å². The zero-order valence-electron chi connectivity index (χ0n) is 14.1. The molecule has 0 spiro atoms. The Kier molecular flexibility index (Phi) is 10.9. The van der Waals surface area contributed by atoms with Crippen molar-refractivity contribution in [2.75, 3.05) is 0 Å². The van der Waals surface area contributed by atoms with Gasteiger partial charge in [-0.3, -0.25) is 0 Å². The molecule has 0 aliphatic carbocycles. The second-order valence-electron chi connectivity index (χ2n) is 6.56. The van der Waals surface area contributed by atoms with E-state index in [0.717, 1.165) is 6.42 Å². The predicted molar refractivity (Wildman–Crippen MR) is 90.6 cm³/mol.